The van der Waals surface area contributed by atoms with E-state index >= 15 is 0 Å². The van der Waals surface area contributed by atoms with E-state index < -0.39 is 33.7 Å². The molecule has 0 spiro atoms. The molecule has 194 valence electrons. The molecule has 0 aromatic heterocycles. The predicted octanol–water partition coefficient (Wildman–Crippen LogP) is 8.52. The van der Waals surface area contributed by atoms with Gasteiger partial charge >= 0.3 is 0 Å². The summed E-state index contributed by atoms with van der Waals surface area (Å²) in [5.74, 6) is 0. The van der Waals surface area contributed by atoms with Crippen molar-refractivity contribution in [1.29, 1.82) is 0 Å². The maximum atomic E-state index is 7.26. The zero-order valence-electron chi connectivity index (χ0n) is 24.9. The third-order valence-corrected chi connectivity index (χ3v) is 21.0. The van der Waals surface area contributed by atoms with E-state index in [1.807, 2.05) is 0 Å². The third kappa shape index (κ3) is 7.37. The quantitative estimate of drug-likeness (QED) is 0.202. The highest BCUT2D eigenvalue weighted by Crippen LogP contribution is 2.47. The fourth-order valence-electron chi connectivity index (χ4n) is 5.37. The molecule has 0 amide bonds. The minimum absolute atomic E-state index is 0.0686. The van der Waals surface area contributed by atoms with Crippen LogP contribution in [-0.2, 0) is 13.3 Å². The van der Waals surface area contributed by atoms with Crippen LogP contribution in [0.5, 0.6) is 0 Å². The molecule has 0 fully saturated rings. The molecule has 0 rings (SSSR count). The molecule has 3 nitrogen and oxygen atoms in total. The Balaban J connectivity index is 6.09. The van der Waals surface area contributed by atoms with Gasteiger partial charge in [-0.05, 0) is 78.3 Å². The van der Waals surface area contributed by atoms with E-state index in [1.165, 1.54) is 0 Å². The highest BCUT2D eigenvalue weighted by atomic mass is 28.4. The van der Waals surface area contributed by atoms with Crippen LogP contribution in [0.25, 0.3) is 0 Å². The molecule has 0 bridgehead atoms. The normalized spacial score (nSPS) is 19.9. The van der Waals surface area contributed by atoms with Crippen molar-refractivity contribution in [2.75, 3.05) is 0 Å². The summed E-state index contributed by atoms with van der Waals surface area (Å²) in [7, 11) is -6.87. The Kier molecular flexibility index (Phi) is 11.9. The Bertz CT molecular complexity index is 567. The molecule has 0 heterocycles. The summed E-state index contributed by atoms with van der Waals surface area (Å²) in [6.45, 7) is 37.9. The van der Waals surface area contributed by atoms with E-state index in [-0.39, 0.29) is 21.6 Å². The fraction of sp³-hybridized carbons (Fsp3) is 1.00. The van der Waals surface area contributed by atoms with E-state index in [2.05, 4.69) is 107 Å². The van der Waals surface area contributed by atoms with Gasteiger partial charge in [-0.1, -0.05) is 61.2 Å². The Labute approximate surface area is 207 Å². The molecule has 2 unspecified atom stereocenters. The lowest BCUT2D eigenvalue weighted by Gasteiger charge is -2.52. The topological polar surface area (TPSA) is 27.7 Å². The second-order valence-corrected chi connectivity index (χ2v) is 29.9. The van der Waals surface area contributed by atoms with Gasteiger partial charge in [-0.15, -0.1) is 0 Å². The monoisotopic (exact) mass is 520 g/mol. The van der Waals surface area contributed by atoms with Gasteiger partial charge in [0.25, 0.3) is 0 Å². The minimum atomic E-state index is -2.15. The Hall–Kier alpha value is 0.748. The van der Waals surface area contributed by atoms with Crippen molar-refractivity contribution in [3.63, 3.8) is 0 Å². The standard InChI is InChI=1S/C25H60O3Si4/c1-17-22(26-32(15,16)24(7,19-3)28-31(12,13)14)23(6,18-2)29(8)27-25(20-4,21-5)30(9,10)11/h22,29H,17-21H2,1-16H3/t22?,23-,24-,29?/m1/s1. The van der Waals surface area contributed by atoms with Crippen molar-refractivity contribution in [2.45, 2.75) is 161 Å². The fourth-order valence-corrected chi connectivity index (χ4v) is 17.9. The molecule has 0 aliphatic heterocycles. The molecule has 0 N–H and O–H groups in total. The molecule has 0 aliphatic carbocycles. The number of rotatable bonds is 15. The molecule has 4 atom stereocenters. The van der Waals surface area contributed by atoms with Crippen molar-refractivity contribution in [2.24, 2.45) is 0 Å². The average molecular weight is 521 g/mol. The first-order valence-electron chi connectivity index (χ1n) is 13.3. The minimum Gasteiger partial charge on any atom is -0.417 e. The molecular formula is C25H60O3Si4. The summed E-state index contributed by atoms with van der Waals surface area (Å²) in [4.78, 5) is 0. The molecule has 32 heavy (non-hydrogen) atoms. The van der Waals surface area contributed by atoms with Gasteiger partial charge in [0.2, 0.25) is 8.32 Å². The predicted molar refractivity (Wildman–Crippen MR) is 155 cm³/mol. The van der Waals surface area contributed by atoms with Crippen LogP contribution in [0.4, 0.5) is 0 Å². The average Bonchev–Trinajstić information content (AvgIpc) is 2.66. The van der Waals surface area contributed by atoms with Crippen LogP contribution in [0.1, 0.15) is 80.6 Å². The van der Waals surface area contributed by atoms with E-state index in [0.29, 0.717) is 0 Å². The lowest BCUT2D eigenvalue weighted by atomic mass is 9.98. The molecule has 0 aromatic carbocycles. The van der Waals surface area contributed by atoms with Crippen LogP contribution in [0, 0.1) is 0 Å². The number of hydrogen-bond donors (Lipinski definition) is 0. The maximum absolute atomic E-state index is 7.26. The summed E-state index contributed by atoms with van der Waals surface area (Å²) in [6.07, 6.45) is 5.60. The highest BCUT2D eigenvalue weighted by Gasteiger charge is 2.52. The van der Waals surface area contributed by atoms with Crippen LogP contribution in [0.3, 0.4) is 0 Å². The second kappa shape index (κ2) is 11.7. The van der Waals surface area contributed by atoms with Gasteiger partial charge in [-0.2, -0.15) is 0 Å². The van der Waals surface area contributed by atoms with Crippen molar-refractivity contribution in [1.82, 2.24) is 0 Å². The van der Waals surface area contributed by atoms with Crippen LogP contribution < -0.4 is 0 Å². The van der Waals surface area contributed by atoms with Crippen LogP contribution in [0.15, 0.2) is 0 Å². The summed E-state index contributed by atoms with van der Waals surface area (Å²) in [5, 5.41) is 0.00136. The molecule has 0 radical (unpaired) electrons. The van der Waals surface area contributed by atoms with Gasteiger partial charge in [0.15, 0.2) is 17.4 Å². The smallest absolute Gasteiger partial charge is 0.216 e. The Morgan fingerprint density at radius 3 is 1.50 bits per heavy atom. The van der Waals surface area contributed by atoms with Crippen molar-refractivity contribution in [3.8, 4) is 0 Å². The van der Waals surface area contributed by atoms with Crippen molar-refractivity contribution in [3.05, 3.63) is 0 Å². The van der Waals surface area contributed by atoms with Gasteiger partial charge in [-0.3, -0.25) is 0 Å². The van der Waals surface area contributed by atoms with Crippen molar-refractivity contribution < 1.29 is 13.3 Å². The van der Waals surface area contributed by atoms with E-state index in [0.717, 1.165) is 32.1 Å². The summed E-state index contributed by atoms with van der Waals surface area (Å²) < 4.78 is 21.3. The second-order valence-electron chi connectivity index (χ2n) is 12.9. The molecule has 0 saturated carbocycles. The lowest BCUT2D eigenvalue weighted by molar-refractivity contribution is 0.0590. The molecule has 0 aliphatic rings. The molecular weight excluding hydrogens is 461 g/mol. The molecule has 7 heteroatoms. The first-order valence-corrected chi connectivity index (χ1v) is 25.3. The van der Waals surface area contributed by atoms with Crippen molar-refractivity contribution >= 4 is 33.7 Å². The summed E-state index contributed by atoms with van der Waals surface area (Å²) >= 11 is 0. The maximum Gasteiger partial charge on any atom is 0.216 e. The zero-order chi connectivity index (χ0) is 25.8. The highest BCUT2D eigenvalue weighted by molar-refractivity contribution is 6.79. The molecule has 0 aromatic rings. The Morgan fingerprint density at radius 1 is 0.750 bits per heavy atom. The first kappa shape index (κ1) is 32.7. The van der Waals surface area contributed by atoms with Crippen LogP contribution >= 0.6 is 0 Å². The van der Waals surface area contributed by atoms with E-state index in [9.17, 15) is 0 Å². The van der Waals surface area contributed by atoms with Gasteiger partial charge in [-0.25, -0.2) is 0 Å². The van der Waals surface area contributed by atoms with E-state index in [4.69, 9.17) is 13.3 Å². The largest absolute Gasteiger partial charge is 0.417 e. The lowest BCUT2D eigenvalue weighted by Crippen LogP contribution is -2.62. The van der Waals surface area contributed by atoms with Gasteiger partial charge in [0.1, 0.15) is 0 Å². The van der Waals surface area contributed by atoms with Gasteiger partial charge < -0.3 is 13.3 Å². The summed E-state index contributed by atoms with van der Waals surface area (Å²) in [6, 6.07) is 0. The van der Waals surface area contributed by atoms with Crippen LogP contribution in [0.2, 0.25) is 64.0 Å². The third-order valence-electron chi connectivity index (χ3n) is 8.62. The zero-order valence-corrected chi connectivity index (χ0v) is 29.1. The van der Waals surface area contributed by atoms with E-state index in [1.54, 1.807) is 0 Å². The summed E-state index contributed by atoms with van der Waals surface area (Å²) in [5.41, 5.74) is 0. The Morgan fingerprint density at radius 2 is 1.22 bits per heavy atom. The SMILES string of the molecule is CCC(O[Si](C)(C)[C@](C)(CC)O[Si](C)(C)C)[C@@](C)(CC)[SiH](C)OC(CC)(CC)[Si](C)(C)C. The first-order chi connectivity index (χ1) is 14.2. The van der Waals surface area contributed by atoms with Crippen LogP contribution in [-0.4, -0.2) is 50.3 Å². The van der Waals surface area contributed by atoms with Gasteiger partial charge in [0, 0.05) is 16.4 Å². The number of hydrogen-bond acceptors (Lipinski definition) is 3. The molecule has 0 saturated heterocycles. The van der Waals surface area contributed by atoms with Gasteiger partial charge in [0.05, 0.1) is 13.3 Å².